The van der Waals surface area contributed by atoms with Gasteiger partial charge in [0, 0.05) is 6.61 Å². The average Bonchev–Trinajstić information content (AvgIpc) is 3.26. The number of carbonyl (C=O) groups excluding carboxylic acids is 1. The molecule has 1 amide bonds. The second-order valence-corrected chi connectivity index (χ2v) is 7.43. The zero-order valence-corrected chi connectivity index (χ0v) is 15.5. The number of thioether (sulfide) groups is 1. The van der Waals surface area contributed by atoms with E-state index in [1.807, 2.05) is 24.3 Å². The van der Waals surface area contributed by atoms with Gasteiger partial charge in [-0.05, 0) is 24.0 Å². The van der Waals surface area contributed by atoms with Gasteiger partial charge in [-0.1, -0.05) is 36.0 Å². The molecule has 3 rings (SSSR count). The van der Waals surface area contributed by atoms with Gasteiger partial charge in [0.1, 0.15) is 5.25 Å². The first-order chi connectivity index (χ1) is 13.1. The number of hydrogen-bond acceptors (Lipinski definition) is 7. The Morgan fingerprint density at radius 2 is 2.22 bits per heavy atom. The van der Waals surface area contributed by atoms with E-state index in [-0.39, 0.29) is 18.4 Å². The predicted octanol–water partition coefficient (Wildman–Crippen LogP) is 1.78. The van der Waals surface area contributed by atoms with Crippen LogP contribution in [0.3, 0.4) is 0 Å². The van der Waals surface area contributed by atoms with Crippen LogP contribution in [0.2, 0.25) is 0 Å². The standard InChI is InChI=1S/C18H21N3O5S/c22-16(23)8-15-17(24)20-18(27-15)21-19-9-12-3-5-13(6-4-12)10-25-11-14-2-1-7-26-14/h3-6,9,14-15H,1-2,7-8,10-11H2,(H,22,23)(H,20,21,24). The summed E-state index contributed by atoms with van der Waals surface area (Å²) in [6.07, 6.45) is 3.72. The van der Waals surface area contributed by atoms with E-state index in [0.29, 0.717) is 18.4 Å². The minimum Gasteiger partial charge on any atom is -0.481 e. The third-order valence-electron chi connectivity index (χ3n) is 4.07. The first kappa shape index (κ1) is 19.5. The maximum absolute atomic E-state index is 11.6. The molecule has 2 aliphatic heterocycles. The number of nitrogens with zero attached hydrogens (tertiary/aromatic N) is 2. The summed E-state index contributed by atoms with van der Waals surface area (Å²) in [5.74, 6) is -1.38. The van der Waals surface area contributed by atoms with Crippen molar-refractivity contribution in [2.24, 2.45) is 10.2 Å². The van der Waals surface area contributed by atoms with Crippen molar-refractivity contribution in [1.29, 1.82) is 0 Å². The van der Waals surface area contributed by atoms with E-state index >= 15 is 0 Å². The van der Waals surface area contributed by atoms with Crippen molar-refractivity contribution < 1.29 is 24.2 Å². The fourth-order valence-electron chi connectivity index (χ4n) is 2.68. The van der Waals surface area contributed by atoms with E-state index in [1.54, 1.807) is 6.21 Å². The summed E-state index contributed by atoms with van der Waals surface area (Å²) in [6.45, 7) is 1.98. The number of benzene rings is 1. The van der Waals surface area contributed by atoms with Crippen molar-refractivity contribution in [3.63, 3.8) is 0 Å². The number of carboxylic acid groups (broad SMARTS) is 1. The molecular formula is C18H21N3O5S. The highest BCUT2D eigenvalue weighted by atomic mass is 32.2. The second-order valence-electron chi connectivity index (χ2n) is 6.24. The van der Waals surface area contributed by atoms with Crippen LogP contribution in [0, 0.1) is 0 Å². The number of hydrogen-bond donors (Lipinski definition) is 2. The van der Waals surface area contributed by atoms with Gasteiger partial charge in [-0.2, -0.15) is 5.10 Å². The van der Waals surface area contributed by atoms with Gasteiger partial charge < -0.3 is 19.9 Å². The highest BCUT2D eigenvalue weighted by Gasteiger charge is 2.32. The van der Waals surface area contributed by atoms with Crippen molar-refractivity contribution in [2.45, 2.75) is 37.2 Å². The lowest BCUT2D eigenvalue weighted by atomic mass is 10.1. The molecule has 0 bridgehead atoms. The van der Waals surface area contributed by atoms with Crippen molar-refractivity contribution in [3.05, 3.63) is 35.4 Å². The number of amides is 1. The lowest BCUT2D eigenvalue weighted by Gasteiger charge is -2.10. The molecule has 0 radical (unpaired) electrons. The highest BCUT2D eigenvalue weighted by Crippen LogP contribution is 2.22. The molecule has 2 N–H and O–H groups in total. The van der Waals surface area contributed by atoms with Crippen LogP contribution in [-0.2, 0) is 25.7 Å². The Bertz CT molecular complexity index is 729. The molecule has 1 aromatic rings. The SMILES string of the molecule is O=C(O)CC1SC(=NN=Cc2ccc(COCC3CCCO3)cc2)NC1=O. The quantitative estimate of drug-likeness (QED) is 0.516. The van der Waals surface area contributed by atoms with Crippen LogP contribution in [0.15, 0.2) is 34.5 Å². The van der Waals surface area contributed by atoms with Crippen molar-refractivity contribution >= 4 is 35.0 Å². The molecule has 0 saturated carbocycles. The van der Waals surface area contributed by atoms with E-state index in [4.69, 9.17) is 14.6 Å². The maximum Gasteiger partial charge on any atom is 0.305 e. The minimum atomic E-state index is -1.02. The molecule has 9 heteroatoms. The molecule has 1 aromatic carbocycles. The molecule has 2 unspecified atom stereocenters. The van der Waals surface area contributed by atoms with E-state index in [1.165, 1.54) is 0 Å². The first-order valence-corrected chi connectivity index (χ1v) is 9.57. The van der Waals surface area contributed by atoms with Gasteiger partial charge in [-0.15, -0.1) is 5.10 Å². The number of amidine groups is 1. The van der Waals surface area contributed by atoms with E-state index in [0.717, 1.165) is 42.3 Å². The topological polar surface area (TPSA) is 110 Å². The highest BCUT2D eigenvalue weighted by molar-refractivity contribution is 8.15. The molecule has 0 spiro atoms. The molecule has 2 fully saturated rings. The Kier molecular flexibility index (Phi) is 6.97. The number of carboxylic acids is 1. The van der Waals surface area contributed by atoms with Gasteiger partial charge in [0.25, 0.3) is 0 Å². The molecular weight excluding hydrogens is 370 g/mol. The Morgan fingerprint density at radius 3 is 2.93 bits per heavy atom. The van der Waals surface area contributed by atoms with Crippen LogP contribution < -0.4 is 5.32 Å². The fraction of sp³-hybridized carbons (Fsp3) is 0.444. The van der Waals surface area contributed by atoms with E-state index in [9.17, 15) is 9.59 Å². The smallest absolute Gasteiger partial charge is 0.305 e. The summed E-state index contributed by atoms with van der Waals surface area (Å²) in [5.41, 5.74) is 1.92. The maximum atomic E-state index is 11.6. The lowest BCUT2D eigenvalue weighted by Crippen LogP contribution is -2.26. The Labute approximate surface area is 161 Å². The Morgan fingerprint density at radius 1 is 1.41 bits per heavy atom. The van der Waals surface area contributed by atoms with E-state index in [2.05, 4.69) is 15.5 Å². The third-order valence-corrected chi connectivity index (χ3v) is 5.14. The number of carbonyl (C=O) groups is 2. The van der Waals surface area contributed by atoms with Crippen LogP contribution in [0.5, 0.6) is 0 Å². The molecule has 2 heterocycles. The van der Waals surface area contributed by atoms with Gasteiger partial charge in [-0.25, -0.2) is 0 Å². The first-order valence-electron chi connectivity index (χ1n) is 8.69. The Balaban J connectivity index is 1.45. The zero-order chi connectivity index (χ0) is 19.1. The van der Waals surface area contributed by atoms with Crippen LogP contribution in [-0.4, -0.2) is 52.9 Å². The number of nitrogens with one attached hydrogen (secondary N) is 1. The van der Waals surface area contributed by atoms with Gasteiger partial charge in [0.15, 0.2) is 5.17 Å². The molecule has 2 aliphatic rings. The molecule has 0 aliphatic carbocycles. The summed E-state index contributed by atoms with van der Waals surface area (Å²) < 4.78 is 11.2. The average molecular weight is 391 g/mol. The van der Waals surface area contributed by atoms with Crippen LogP contribution in [0.4, 0.5) is 0 Å². The second kappa shape index (κ2) is 9.63. The number of rotatable bonds is 8. The zero-order valence-electron chi connectivity index (χ0n) is 14.7. The van der Waals surface area contributed by atoms with Gasteiger partial charge >= 0.3 is 5.97 Å². The van der Waals surface area contributed by atoms with Crippen molar-refractivity contribution in [3.8, 4) is 0 Å². The van der Waals surface area contributed by atoms with E-state index < -0.39 is 11.2 Å². The fourth-order valence-corrected chi connectivity index (χ4v) is 3.59. The molecule has 8 nitrogen and oxygen atoms in total. The normalized spacial score (nSPS) is 24.0. The van der Waals surface area contributed by atoms with Gasteiger partial charge in [0.2, 0.25) is 5.91 Å². The summed E-state index contributed by atoms with van der Waals surface area (Å²) in [6, 6.07) is 7.72. The van der Waals surface area contributed by atoms with Crippen molar-refractivity contribution in [1.82, 2.24) is 5.32 Å². The van der Waals surface area contributed by atoms with Gasteiger partial charge in [-0.3, -0.25) is 9.59 Å². The molecule has 2 saturated heterocycles. The largest absolute Gasteiger partial charge is 0.481 e. The third kappa shape index (κ3) is 6.16. The monoisotopic (exact) mass is 391 g/mol. The summed E-state index contributed by atoms with van der Waals surface area (Å²) in [4.78, 5) is 22.3. The Hall–Kier alpha value is -2.23. The molecule has 144 valence electrons. The number of aliphatic carboxylic acids is 1. The molecule has 0 aromatic heterocycles. The molecule has 2 atom stereocenters. The van der Waals surface area contributed by atoms with Crippen LogP contribution in [0.25, 0.3) is 0 Å². The summed E-state index contributed by atoms with van der Waals surface area (Å²) >= 11 is 1.07. The summed E-state index contributed by atoms with van der Waals surface area (Å²) in [7, 11) is 0. The summed E-state index contributed by atoms with van der Waals surface area (Å²) in [5, 5.41) is 18.8. The number of ether oxygens (including phenoxy) is 2. The van der Waals surface area contributed by atoms with Crippen molar-refractivity contribution in [2.75, 3.05) is 13.2 Å². The minimum absolute atomic E-state index is 0.222. The van der Waals surface area contributed by atoms with Gasteiger partial charge in [0.05, 0.1) is 32.0 Å². The predicted molar refractivity (Wildman–Crippen MR) is 102 cm³/mol. The molecule has 27 heavy (non-hydrogen) atoms. The lowest BCUT2D eigenvalue weighted by molar-refractivity contribution is -0.138. The van der Waals surface area contributed by atoms with Crippen LogP contribution >= 0.6 is 11.8 Å². The van der Waals surface area contributed by atoms with Crippen LogP contribution in [0.1, 0.15) is 30.4 Å².